The number of ether oxygens (including phenoxy) is 1. The van der Waals surface area contributed by atoms with E-state index >= 15 is 0 Å². The highest BCUT2D eigenvalue weighted by atomic mass is 32.1. The number of thiazole rings is 1. The molecule has 5 heteroatoms. The summed E-state index contributed by atoms with van der Waals surface area (Å²) in [5, 5.41) is 3.01. The van der Waals surface area contributed by atoms with Gasteiger partial charge in [0.25, 0.3) is 5.91 Å². The van der Waals surface area contributed by atoms with E-state index in [2.05, 4.69) is 16.4 Å². The molecule has 0 unspecified atom stereocenters. The topological polar surface area (TPSA) is 51.2 Å². The van der Waals surface area contributed by atoms with Gasteiger partial charge in [0, 0.05) is 0 Å². The zero-order valence-electron chi connectivity index (χ0n) is 11.5. The third kappa shape index (κ3) is 2.18. The van der Waals surface area contributed by atoms with Gasteiger partial charge in [-0.15, -0.1) is 11.3 Å². The maximum atomic E-state index is 12.4. The number of rotatable bonds is 3. The van der Waals surface area contributed by atoms with Crippen molar-refractivity contribution in [1.29, 1.82) is 0 Å². The molecule has 3 rings (SSSR count). The van der Waals surface area contributed by atoms with Crippen LogP contribution >= 0.6 is 11.3 Å². The molecule has 0 saturated heterocycles. The zero-order chi connectivity index (χ0) is 14.1. The summed E-state index contributed by atoms with van der Waals surface area (Å²) < 4.78 is 5.39. The lowest BCUT2D eigenvalue weighted by molar-refractivity contribution is 0.102. The molecule has 0 bridgehead atoms. The van der Waals surface area contributed by atoms with Gasteiger partial charge in [-0.25, -0.2) is 4.98 Å². The maximum absolute atomic E-state index is 12.4. The van der Waals surface area contributed by atoms with Crippen LogP contribution in [-0.2, 0) is 12.8 Å². The van der Waals surface area contributed by atoms with Crippen LogP contribution in [0.15, 0.2) is 17.6 Å². The summed E-state index contributed by atoms with van der Waals surface area (Å²) in [6, 6.07) is 4.02. The molecule has 0 saturated carbocycles. The van der Waals surface area contributed by atoms with Crippen LogP contribution in [0.25, 0.3) is 0 Å². The number of nitrogens with zero attached hydrogens (tertiary/aromatic N) is 1. The van der Waals surface area contributed by atoms with Gasteiger partial charge in [-0.1, -0.05) is 6.07 Å². The fourth-order valence-corrected chi connectivity index (χ4v) is 3.34. The van der Waals surface area contributed by atoms with Crippen LogP contribution in [0.1, 0.15) is 32.9 Å². The second-order valence-electron chi connectivity index (χ2n) is 4.86. The number of hydrogen-bond acceptors (Lipinski definition) is 4. The second-order valence-corrected chi connectivity index (χ2v) is 5.71. The Morgan fingerprint density at radius 1 is 1.40 bits per heavy atom. The first kappa shape index (κ1) is 13.1. The van der Waals surface area contributed by atoms with Crippen LogP contribution in [0.4, 0.5) is 5.69 Å². The molecule has 1 heterocycles. The van der Waals surface area contributed by atoms with Crippen molar-refractivity contribution >= 4 is 22.9 Å². The van der Waals surface area contributed by atoms with E-state index in [1.54, 1.807) is 12.6 Å². The van der Waals surface area contributed by atoms with Gasteiger partial charge in [0.2, 0.25) is 0 Å². The summed E-state index contributed by atoms with van der Waals surface area (Å²) >= 11 is 1.36. The number of aryl methyl sites for hydroxylation is 2. The number of carbonyl (C=O) groups excluding carboxylic acids is 1. The van der Waals surface area contributed by atoms with Gasteiger partial charge in [-0.2, -0.15) is 0 Å². The lowest BCUT2D eigenvalue weighted by Gasteiger charge is -2.14. The Morgan fingerprint density at radius 2 is 2.25 bits per heavy atom. The Balaban J connectivity index is 1.96. The van der Waals surface area contributed by atoms with E-state index in [-0.39, 0.29) is 5.91 Å². The minimum atomic E-state index is -0.108. The standard InChI is InChI=1S/C15H16N2O2S/c1-9-14(20-8-16-9)15(18)17-13-11-5-3-4-10(11)6-7-12(13)19-2/h6-8H,3-5H2,1-2H3,(H,17,18). The van der Waals surface area contributed by atoms with E-state index in [1.165, 1.54) is 22.5 Å². The number of anilines is 1. The Kier molecular flexibility index (Phi) is 3.44. The second kappa shape index (κ2) is 5.25. The monoisotopic (exact) mass is 288 g/mol. The van der Waals surface area contributed by atoms with E-state index in [0.29, 0.717) is 4.88 Å². The van der Waals surface area contributed by atoms with Crippen LogP contribution in [-0.4, -0.2) is 18.0 Å². The summed E-state index contributed by atoms with van der Waals surface area (Å²) in [6.07, 6.45) is 3.19. The first-order chi connectivity index (χ1) is 9.70. The van der Waals surface area contributed by atoms with E-state index in [4.69, 9.17) is 4.74 Å². The number of hydrogen-bond donors (Lipinski definition) is 1. The number of aromatic nitrogens is 1. The Hall–Kier alpha value is -1.88. The number of benzene rings is 1. The maximum Gasteiger partial charge on any atom is 0.267 e. The molecule has 1 N–H and O–H groups in total. The van der Waals surface area contributed by atoms with Gasteiger partial charge in [0.05, 0.1) is 24.0 Å². The molecule has 1 amide bonds. The fourth-order valence-electron chi connectivity index (χ4n) is 2.64. The molecule has 0 atom stereocenters. The quantitative estimate of drug-likeness (QED) is 0.943. The zero-order valence-corrected chi connectivity index (χ0v) is 12.3. The van der Waals surface area contributed by atoms with E-state index in [1.807, 2.05) is 13.0 Å². The van der Waals surface area contributed by atoms with Gasteiger partial charge in [0.1, 0.15) is 10.6 Å². The van der Waals surface area contributed by atoms with Crippen molar-refractivity contribution in [2.45, 2.75) is 26.2 Å². The van der Waals surface area contributed by atoms with Crippen LogP contribution in [0.3, 0.4) is 0 Å². The van der Waals surface area contributed by atoms with Crippen molar-refractivity contribution in [2.24, 2.45) is 0 Å². The molecule has 4 nitrogen and oxygen atoms in total. The number of fused-ring (bicyclic) bond motifs is 1. The summed E-state index contributed by atoms with van der Waals surface area (Å²) in [6.45, 7) is 1.85. The van der Waals surface area contributed by atoms with Crippen LogP contribution in [0.2, 0.25) is 0 Å². The fraction of sp³-hybridized carbons (Fsp3) is 0.333. The van der Waals surface area contributed by atoms with Gasteiger partial charge in [-0.05, 0) is 43.4 Å². The van der Waals surface area contributed by atoms with Crippen molar-refractivity contribution < 1.29 is 9.53 Å². The first-order valence-electron chi connectivity index (χ1n) is 6.61. The summed E-state index contributed by atoms with van der Waals surface area (Å²) in [5.41, 5.74) is 5.79. The normalized spacial score (nSPS) is 13.1. The number of methoxy groups -OCH3 is 1. The van der Waals surface area contributed by atoms with E-state index in [9.17, 15) is 4.79 Å². The van der Waals surface area contributed by atoms with Gasteiger partial charge in [-0.3, -0.25) is 4.79 Å². The molecular formula is C15H16N2O2S. The van der Waals surface area contributed by atoms with Crippen molar-refractivity contribution in [1.82, 2.24) is 4.98 Å². The summed E-state index contributed by atoms with van der Waals surface area (Å²) in [5.74, 6) is 0.616. The SMILES string of the molecule is COc1ccc2c(c1NC(=O)c1scnc1C)CCC2. The largest absolute Gasteiger partial charge is 0.495 e. The first-order valence-corrected chi connectivity index (χ1v) is 7.49. The third-order valence-corrected chi connectivity index (χ3v) is 4.58. The van der Waals surface area contributed by atoms with Crippen LogP contribution in [0, 0.1) is 6.92 Å². The molecule has 0 fully saturated rings. The molecule has 1 aromatic heterocycles. The van der Waals surface area contributed by atoms with E-state index < -0.39 is 0 Å². The van der Waals surface area contributed by atoms with Crippen LogP contribution in [0.5, 0.6) is 5.75 Å². The molecule has 1 aliphatic carbocycles. The highest BCUT2D eigenvalue weighted by Crippen LogP contribution is 2.36. The van der Waals surface area contributed by atoms with Crippen molar-refractivity contribution in [3.8, 4) is 5.75 Å². The summed E-state index contributed by atoms with van der Waals surface area (Å²) in [7, 11) is 1.63. The number of amides is 1. The highest BCUT2D eigenvalue weighted by Gasteiger charge is 2.21. The minimum absolute atomic E-state index is 0.108. The predicted molar refractivity (Wildman–Crippen MR) is 79.8 cm³/mol. The lowest BCUT2D eigenvalue weighted by atomic mass is 10.1. The van der Waals surface area contributed by atoms with E-state index in [0.717, 1.165) is 36.4 Å². The Morgan fingerprint density at radius 3 is 2.95 bits per heavy atom. The third-order valence-electron chi connectivity index (χ3n) is 3.65. The smallest absolute Gasteiger partial charge is 0.267 e. The highest BCUT2D eigenvalue weighted by molar-refractivity contribution is 7.12. The molecular weight excluding hydrogens is 272 g/mol. The molecule has 2 aromatic rings. The van der Waals surface area contributed by atoms with Crippen molar-refractivity contribution in [2.75, 3.05) is 12.4 Å². The van der Waals surface area contributed by atoms with Gasteiger partial charge < -0.3 is 10.1 Å². The Labute approximate surface area is 121 Å². The minimum Gasteiger partial charge on any atom is -0.495 e. The molecule has 20 heavy (non-hydrogen) atoms. The summed E-state index contributed by atoms with van der Waals surface area (Å²) in [4.78, 5) is 17.1. The molecule has 1 aliphatic rings. The molecule has 1 aromatic carbocycles. The average Bonchev–Trinajstić information content (AvgIpc) is 3.07. The van der Waals surface area contributed by atoms with Gasteiger partial charge in [0.15, 0.2) is 0 Å². The molecule has 0 radical (unpaired) electrons. The molecule has 0 spiro atoms. The van der Waals surface area contributed by atoms with Crippen molar-refractivity contribution in [3.05, 3.63) is 39.3 Å². The number of nitrogens with one attached hydrogen (secondary N) is 1. The predicted octanol–water partition coefficient (Wildman–Crippen LogP) is 3.20. The molecule has 104 valence electrons. The average molecular weight is 288 g/mol. The van der Waals surface area contributed by atoms with Gasteiger partial charge >= 0.3 is 0 Å². The Bertz CT molecular complexity index is 664. The van der Waals surface area contributed by atoms with Crippen molar-refractivity contribution in [3.63, 3.8) is 0 Å². The number of carbonyl (C=O) groups is 1. The van der Waals surface area contributed by atoms with Crippen LogP contribution < -0.4 is 10.1 Å². The molecule has 0 aliphatic heterocycles. The lowest BCUT2D eigenvalue weighted by Crippen LogP contribution is -2.14.